The number of hydrogen-bond donors (Lipinski definition) is 3. The molecule has 0 fully saturated rings. The van der Waals surface area contributed by atoms with E-state index < -0.39 is 5.91 Å². The standard InChI is InChI=1S/C18H14ClN3O2S2/c19-15-12-8-4-5-9-13(12)26-16(15)17(24)21-22-18(25)20-14(23)10-11-6-2-1-3-7-11/h1-9H,10H2,(H,21,24)(H2,20,22,23,25). The fourth-order valence-corrected chi connectivity index (χ4v) is 3.89. The number of carbonyl (C=O) groups excluding carboxylic acids is 2. The van der Waals surface area contributed by atoms with Gasteiger partial charge in [-0.3, -0.25) is 20.4 Å². The van der Waals surface area contributed by atoms with E-state index in [1.165, 1.54) is 11.3 Å². The second kappa shape index (κ2) is 8.27. The molecule has 8 heteroatoms. The van der Waals surface area contributed by atoms with Gasteiger partial charge in [0.2, 0.25) is 5.91 Å². The summed E-state index contributed by atoms with van der Waals surface area (Å²) in [4.78, 5) is 24.6. The lowest BCUT2D eigenvalue weighted by Crippen LogP contribution is -2.48. The van der Waals surface area contributed by atoms with E-state index in [2.05, 4.69) is 16.2 Å². The van der Waals surface area contributed by atoms with Gasteiger partial charge >= 0.3 is 0 Å². The molecule has 0 unspecified atom stereocenters. The molecule has 0 spiro atoms. The lowest BCUT2D eigenvalue weighted by molar-refractivity contribution is -0.119. The highest BCUT2D eigenvalue weighted by atomic mass is 35.5. The third-order valence-corrected chi connectivity index (χ3v) is 5.37. The molecule has 0 aliphatic heterocycles. The summed E-state index contributed by atoms with van der Waals surface area (Å²) in [5, 5.41) is 3.74. The number of carbonyl (C=O) groups is 2. The Morgan fingerprint density at radius 1 is 1.00 bits per heavy atom. The van der Waals surface area contributed by atoms with E-state index in [4.69, 9.17) is 23.8 Å². The molecular weight excluding hydrogens is 390 g/mol. The molecule has 1 aromatic heterocycles. The van der Waals surface area contributed by atoms with Crippen LogP contribution in [0.3, 0.4) is 0 Å². The van der Waals surface area contributed by atoms with Crippen molar-refractivity contribution in [3.63, 3.8) is 0 Å². The Labute approximate surface area is 164 Å². The second-order valence-electron chi connectivity index (χ2n) is 5.36. The van der Waals surface area contributed by atoms with Crippen LogP contribution in [0, 0.1) is 0 Å². The van der Waals surface area contributed by atoms with Gasteiger partial charge in [0.1, 0.15) is 4.88 Å². The summed E-state index contributed by atoms with van der Waals surface area (Å²) in [6.07, 6.45) is 0.193. The van der Waals surface area contributed by atoms with Crippen molar-refractivity contribution >= 4 is 62.2 Å². The Hall–Kier alpha value is -2.48. The van der Waals surface area contributed by atoms with Crippen LogP contribution in [-0.4, -0.2) is 16.9 Å². The fourth-order valence-electron chi connectivity index (χ4n) is 2.31. The zero-order chi connectivity index (χ0) is 18.5. The molecule has 0 atom stereocenters. The van der Waals surface area contributed by atoms with Crippen LogP contribution in [0.5, 0.6) is 0 Å². The van der Waals surface area contributed by atoms with Crippen LogP contribution in [-0.2, 0) is 11.2 Å². The molecule has 5 nitrogen and oxygen atoms in total. The van der Waals surface area contributed by atoms with Crippen molar-refractivity contribution < 1.29 is 9.59 Å². The van der Waals surface area contributed by atoms with Crippen LogP contribution in [0.2, 0.25) is 5.02 Å². The molecule has 2 amide bonds. The highest BCUT2D eigenvalue weighted by Crippen LogP contribution is 2.34. The van der Waals surface area contributed by atoms with Crippen LogP contribution in [0.15, 0.2) is 54.6 Å². The number of benzene rings is 2. The largest absolute Gasteiger partial charge is 0.302 e. The summed E-state index contributed by atoms with van der Waals surface area (Å²) in [5.41, 5.74) is 5.84. The number of nitrogens with one attached hydrogen (secondary N) is 3. The maximum Gasteiger partial charge on any atom is 0.281 e. The van der Waals surface area contributed by atoms with Crippen LogP contribution in [0.1, 0.15) is 15.2 Å². The highest BCUT2D eigenvalue weighted by Gasteiger charge is 2.17. The number of rotatable bonds is 3. The Bertz CT molecular complexity index is 973. The maximum absolute atomic E-state index is 12.3. The molecule has 1 heterocycles. The minimum Gasteiger partial charge on any atom is -0.302 e. The van der Waals surface area contributed by atoms with Crippen molar-refractivity contribution in [1.29, 1.82) is 0 Å². The maximum atomic E-state index is 12.3. The Balaban J connectivity index is 1.54. The van der Waals surface area contributed by atoms with Crippen LogP contribution >= 0.6 is 35.2 Å². The van der Waals surface area contributed by atoms with Gasteiger partial charge < -0.3 is 5.32 Å². The van der Waals surface area contributed by atoms with Gasteiger partial charge in [0.05, 0.1) is 11.4 Å². The van der Waals surface area contributed by atoms with Crippen LogP contribution in [0.4, 0.5) is 0 Å². The summed E-state index contributed by atoms with van der Waals surface area (Å²) in [7, 11) is 0. The van der Waals surface area contributed by atoms with Crippen molar-refractivity contribution in [3.05, 3.63) is 70.1 Å². The summed E-state index contributed by atoms with van der Waals surface area (Å²) in [5.74, 6) is -0.696. The second-order valence-corrected chi connectivity index (χ2v) is 7.20. The topological polar surface area (TPSA) is 70.2 Å². The SMILES string of the molecule is O=C(Cc1ccccc1)NC(=S)NNC(=O)c1sc2ccccc2c1Cl. The molecular formula is C18H14ClN3O2S2. The molecule has 132 valence electrons. The van der Waals surface area contributed by atoms with Crippen molar-refractivity contribution in [2.45, 2.75) is 6.42 Å². The van der Waals surface area contributed by atoms with E-state index in [1.807, 2.05) is 54.6 Å². The molecule has 0 aliphatic carbocycles. The molecule has 0 saturated carbocycles. The van der Waals surface area contributed by atoms with Crippen molar-refractivity contribution in [3.8, 4) is 0 Å². The van der Waals surface area contributed by atoms with E-state index in [1.54, 1.807) is 0 Å². The lowest BCUT2D eigenvalue weighted by Gasteiger charge is -2.10. The predicted octanol–water partition coefficient (Wildman–Crippen LogP) is 3.43. The van der Waals surface area contributed by atoms with Crippen molar-refractivity contribution in [2.24, 2.45) is 0 Å². The van der Waals surface area contributed by atoms with E-state index in [-0.39, 0.29) is 17.4 Å². The van der Waals surface area contributed by atoms with E-state index in [9.17, 15) is 9.59 Å². The number of halogens is 1. The predicted molar refractivity (Wildman–Crippen MR) is 108 cm³/mol. The molecule has 2 aromatic carbocycles. The van der Waals surface area contributed by atoms with Gasteiger partial charge in [0.15, 0.2) is 5.11 Å². The van der Waals surface area contributed by atoms with Gasteiger partial charge in [0.25, 0.3) is 5.91 Å². The van der Waals surface area contributed by atoms with E-state index >= 15 is 0 Å². The summed E-state index contributed by atoms with van der Waals surface area (Å²) >= 11 is 12.6. The van der Waals surface area contributed by atoms with Crippen molar-refractivity contribution in [1.82, 2.24) is 16.2 Å². The molecule has 26 heavy (non-hydrogen) atoms. The van der Waals surface area contributed by atoms with Crippen molar-refractivity contribution in [2.75, 3.05) is 0 Å². The number of hydrogen-bond acceptors (Lipinski definition) is 4. The van der Waals surface area contributed by atoms with Gasteiger partial charge in [-0.15, -0.1) is 11.3 Å². The van der Waals surface area contributed by atoms with E-state index in [0.717, 1.165) is 15.6 Å². The highest BCUT2D eigenvalue weighted by molar-refractivity contribution is 7.80. The number of fused-ring (bicyclic) bond motifs is 1. The monoisotopic (exact) mass is 403 g/mol. The van der Waals surface area contributed by atoms with Gasteiger partial charge in [-0.1, -0.05) is 60.1 Å². The minimum absolute atomic E-state index is 0.0107. The average Bonchev–Trinajstić information content (AvgIpc) is 2.98. The molecule has 0 aliphatic rings. The fraction of sp³-hybridized carbons (Fsp3) is 0.0556. The first kappa shape index (κ1) is 18.3. The van der Waals surface area contributed by atoms with Crippen LogP contribution < -0.4 is 16.2 Å². The zero-order valence-corrected chi connectivity index (χ0v) is 15.8. The third-order valence-electron chi connectivity index (χ3n) is 3.49. The normalized spacial score (nSPS) is 10.3. The van der Waals surface area contributed by atoms with Crippen LogP contribution in [0.25, 0.3) is 10.1 Å². The molecule has 0 radical (unpaired) electrons. The molecule has 3 aromatic rings. The first-order valence-electron chi connectivity index (χ1n) is 7.65. The third kappa shape index (κ3) is 4.37. The number of amides is 2. The molecule has 0 bridgehead atoms. The van der Waals surface area contributed by atoms with Gasteiger partial charge in [-0.05, 0) is 23.8 Å². The smallest absolute Gasteiger partial charge is 0.281 e. The van der Waals surface area contributed by atoms with Gasteiger partial charge in [0, 0.05) is 10.1 Å². The molecule has 0 saturated heterocycles. The number of hydrazine groups is 1. The van der Waals surface area contributed by atoms with Gasteiger partial charge in [-0.2, -0.15) is 0 Å². The summed E-state index contributed by atoms with van der Waals surface area (Å²) in [6.45, 7) is 0. The zero-order valence-electron chi connectivity index (χ0n) is 13.4. The first-order valence-corrected chi connectivity index (χ1v) is 9.26. The lowest BCUT2D eigenvalue weighted by atomic mass is 10.1. The van der Waals surface area contributed by atoms with Gasteiger partial charge in [-0.25, -0.2) is 0 Å². The van der Waals surface area contributed by atoms with E-state index in [0.29, 0.717) is 9.90 Å². The Morgan fingerprint density at radius 3 is 2.42 bits per heavy atom. The molecule has 3 N–H and O–H groups in total. The number of thiocarbonyl (C=S) groups is 1. The first-order chi connectivity index (χ1) is 12.5. The quantitative estimate of drug-likeness (QED) is 0.463. The summed E-state index contributed by atoms with van der Waals surface area (Å²) in [6, 6.07) is 16.8. The Kier molecular flexibility index (Phi) is 5.82. The molecule has 3 rings (SSSR count). The Morgan fingerprint density at radius 2 is 1.69 bits per heavy atom. The number of thiophene rings is 1. The summed E-state index contributed by atoms with van der Waals surface area (Å²) < 4.78 is 0.918. The minimum atomic E-state index is -0.421. The average molecular weight is 404 g/mol.